The van der Waals surface area contributed by atoms with Crippen LogP contribution in [0.25, 0.3) is 0 Å². The molecule has 2 heterocycles. The first-order chi connectivity index (χ1) is 14.9. The fourth-order valence-electron chi connectivity index (χ4n) is 3.59. The number of carbonyl (C=O) groups is 2. The van der Waals surface area contributed by atoms with Gasteiger partial charge in [-0.3, -0.25) is 14.6 Å². The number of para-hydroxylation sites is 1. The standard InChI is InChI=1S/C22H17ClFN3O4/c23-13-8-15-17(11-31-20(15)16(24)9-13)27(22(30)14-5-1-2-6-18(14)28)10-12-4-3-7-26-19(12)21(25)29/h1-9,17,28H,10-11H2,(H2,25,29). The fraction of sp³-hybridized carbons (Fsp3) is 0.136. The van der Waals surface area contributed by atoms with E-state index in [4.69, 9.17) is 22.1 Å². The molecule has 0 bridgehead atoms. The Hall–Kier alpha value is -3.65. The van der Waals surface area contributed by atoms with Crippen LogP contribution >= 0.6 is 11.6 Å². The highest BCUT2D eigenvalue weighted by Crippen LogP contribution is 2.41. The Kier molecular flexibility index (Phi) is 5.48. The Morgan fingerprint density at radius 2 is 2.03 bits per heavy atom. The number of hydrogen-bond donors (Lipinski definition) is 2. The van der Waals surface area contributed by atoms with Crippen molar-refractivity contribution < 1.29 is 23.8 Å². The van der Waals surface area contributed by atoms with Crippen molar-refractivity contribution in [2.75, 3.05) is 6.61 Å². The second-order valence-corrected chi connectivity index (χ2v) is 7.39. The molecule has 0 radical (unpaired) electrons. The van der Waals surface area contributed by atoms with Crippen molar-refractivity contribution in [1.82, 2.24) is 9.88 Å². The number of primary amides is 1. The van der Waals surface area contributed by atoms with E-state index in [1.54, 1.807) is 24.3 Å². The highest BCUT2D eigenvalue weighted by molar-refractivity contribution is 6.30. The lowest BCUT2D eigenvalue weighted by Crippen LogP contribution is -2.36. The van der Waals surface area contributed by atoms with Gasteiger partial charge < -0.3 is 20.5 Å². The van der Waals surface area contributed by atoms with Crippen molar-refractivity contribution >= 4 is 23.4 Å². The molecular formula is C22H17ClFN3O4. The summed E-state index contributed by atoms with van der Waals surface area (Å²) in [5, 5.41) is 10.4. The van der Waals surface area contributed by atoms with Gasteiger partial charge in [0.1, 0.15) is 18.1 Å². The van der Waals surface area contributed by atoms with Crippen molar-refractivity contribution in [1.29, 1.82) is 0 Å². The lowest BCUT2D eigenvalue weighted by atomic mass is 10.0. The highest BCUT2D eigenvalue weighted by Gasteiger charge is 2.36. The van der Waals surface area contributed by atoms with Crippen LogP contribution in [-0.2, 0) is 6.54 Å². The first-order valence-electron chi connectivity index (χ1n) is 9.31. The summed E-state index contributed by atoms with van der Waals surface area (Å²) in [4.78, 5) is 30.7. The lowest BCUT2D eigenvalue weighted by Gasteiger charge is -2.29. The summed E-state index contributed by atoms with van der Waals surface area (Å²) in [5.74, 6) is -2.14. The summed E-state index contributed by atoms with van der Waals surface area (Å²) in [6.45, 7) is -0.112. The number of phenolic OH excluding ortho intramolecular Hbond substituents is 1. The molecule has 2 amide bonds. The molecule has 0 spiro atoms. The SMILES string of the molecule is NC(=O)c1ncccc1CN(C(=O)c1ccccc1O)C1COc2c(F)cc(Cl)cc21. The van der Waals surface area contributed by atoms with Crippen molar-refractivity contribution in [2.24, 2.45) is 5.73 Å². The number of phenols is 1. The number of halogens is 2. The van der Waals surface area contributed by atoms with Crippen molar-refractivity contribution in [3.8, 4) is 11.5 Å². The lowest BCUT2D eigenvalue weighted by molar-refractivity contribution is 0.0624. The maximum Gasteiger partial charge on any atom is 0.267 e. The monoisotopic (exact) mass is 441 g/mol. The minimum Gasteiger partial charge on any atom is -0.507 e. The van der Waals surface area contributed by atoms with E-state index in [9.17, 15) is 19.1 Å². The number of nitrogens with two attached hydrogens (primary N) is 1. The van der Waals surface area contributed by atoms with E-state index < -0.39 is 23.7 Å². The van der Waals surface area contributed by atoms with Crippen LogP contribution in [0.1, 0.15) is 38.0 Å². The van der Waals surface area contributed by atoms with E-state index >= 15 is 0 Å². The number of aromatic hydroxyl groups is 1. The molecule has 7 nitrogen and oxygen atoms in total. The minimum absolute atomic E-state index is 0.00537. The van der Waals surface area contributed by atoms with Crippen LogP contribution in [0.15, 0.2) is 54.7 Å². The smallest absolute Gasteiger partial charge is 0.267 e. The summed E-state index contributed by atoms with van der Waals surface area (Å²) in [6.07, 6.45) is 1.42. The molecule has 0 saturated heterocycles. The number of carbonyl (C=O) groups excluding carboxylic acids is 2. The molecule has 1 aliphatic rings. The van der Waals surface area contributed by atoms with E-state index in [1.807, 2.05) is 0 Å². The summed E-state index contributed by atoms with van der Waals surface area (Å²) >= 11 is 6.04. The molecule has 0 fully saturated rings. The number of hydrogen-bond acceptors (Lipinski definition) is 5. The van der Waals surface area contributed by atoms with Gasteiger partial charge in [-0.1, -0.05) is 29.8 Å². The van der Waals surface area contributed by atoms with Gasteiger partial charge in [0.15, 0.2) is 11.6 Å². The van der Waals surface area contributed by atoms with E-state index in [0.717, 1.165) is 6.07 Å². The molecular weight excluding hydrogens is 425 g/mol. The van der Waals surface area contributed by atoms with Crippen LogP contribution in [0.2, 0.25) is 5.02 Å². The molecule has 2 aromatic carbocycles. The predicted molar refractivity (Wildman–Crippen MR) is 110 cm³/mol. The van der Waals surface area contributed by atoms with Crippen LogP contribution in [0.5, 0.6) is 11.5 Å². The van der Waals surface area contributed by atoms with Gasteiger partial charge in [0.2, 0.25) is 0 Å². The number of fused-ring (bicyclic) bond motifs is 1. The maximum atomic E-state index is 14.3. The normalized spacial score (nSPS) is 14.6. The van der Waals surface area contributed by atoms with E-state index in [1.165, 1.54) is 29.3 Å². The van der Waals surface area contributed by atoms with Crippen LogP contribution in [0.4, 0.5) is 4.39 Å². The van der Waals surface area contributed by atoms with Crippen LogP contribution in [0.3, 0.4) is 0 Å². The quantitative estimate of drug-likeness (QED) is 0.630. The molecule has 158 valence electrons. The molecule has 9 heteroatoms. The summed E-state index contributed by atoms with van der Waals surface area (Å²) in [7, 11) is 0. The van der Waals surface area contributed by atoms with E-state index in [-0.39, 0.29) is 40.9 Å². The molecule has 3 aromatic rings. The van der Waals surface area contributed by atoms with Gasteiger partial charge in [-0.2, -0.15) is 0 Å². The highest BCUT2D eigenvalue weighted by atomic mass is 35.5. The predicted octanol–water partition coefficient (Wildman–Crippen LogP) is 3.45. The molecule has 0 aliphatic carbocycles. The molecule has 31 heavy (non-hydrogen) atoms. The largest absolute Gasteiger partial charge is 0.507 e. The Bertz CT molecular complexity index is 1190. The van der Waals surface area contributed by atoms with Crippen LogP contribution in [-0.4, -0.2) is 33.4 Å². The van der Waals surface area contributed by atoms with Crippen LogP contribution < -0.4 is 10.5 Å². The molecule has 1 unspecified atom stereocenters. The van der Waals surface area contributed by atoms with Gasteiger partial charge in [-0.15, -0.1) is 0 Å². The zero-order valence-electron chi connectivity index (χ0n) is 16.1. The number of aromatic nitrogens is 1. The first kappa shape index (κ1) is 20.6. The van der Waals surface area contributed by atoms with Crippen molar-refractivity contribution in [2.45, 2.75) is 12.6 Å². The number of nitrogens with zero attached hydrogens (tertiary/aromatic N) is 2. The second-order valence-electron chi connectivity index (χ2n) is 6.96. The minimum atomic E-state index is -0.747. The van der Waals surface area contributed by atoms with Gasteiger partial charge in [-0.05, 0) is 30.3 Å². The summed E-state index contributed by atoms with van der Waals surface area (Å²) in [5.41, 5.74) is 6.27. The summed E-state index contributed by atoms with van der Waals surface area (Å²) in [6, 6.07) is 11.2. The third kappa shape index (κ3) is 3.89. The topological polar surface area (TPSA) is 106 Å². The number of ether oxygens (including phenoxy) is 1. The van der Waals surface area contributed by atoms with E-state index in [2.05, 4.69) is 4.98 Å². The number of amides is 2. The zero-order chi connectivity index (χ0) is 22.1. The fourth-order valence-corrected chi connectivity index (χ4v) is 3.81. The maximum absolute atomic E-state index is 14.3. The van der Waals surface area contributed by atoms with Crippen molar-refractivity contribution in [3.05, 3.63) is 88.0 Å². The Morgan fingerprint density at radius 1 is 1.26 bits per heavy atom. The number of pyridine rings is 1. The van der Waals surface area contributed by atoms with Gasteiger partial charge in [-0.25, -0.2) is 4.39 Å². The average molecular weight is 442 g/mol. The first-order valence-corrected chi connectivity index (χ1v) is 9.69. The third-order valence-electron chi connectivity index (χ3n) is 5.02. The molecule has 3 N–H and O–H groups in total. The Morgan fingerprint density at radius 3 is 2.77 bits per heavy atom. The van der Waals surface area contributed by atoms with Crippen LogP contribution in [0, 0.1) is 5.82 Å². The van der Waals surface area contributed by atoms with Gasteiger partial charge in [0.05, 0.1) is 11.6 Å². The number of benzene rings is 2. The molecule has 1 aliphatic heterocycles. The number of rotatable bonds is 5. The Balaban J connectivity index is 1.81. The summed E-state index contributed by atoms with van der Waals surface area (Å²) < 4.78 is 19.9. The second kappa shape index (κ2) is 8.23. The van der Waals surface area contributed by atoms with Gasteiger partial charge >= 0.3 is 0 Å². The molecule has 1 atom stereocenters. The molecule has 0 saturated carbocycles. The molecule has 1 aromatic heterocycles. The average Bonchev–Trinajstić information content (AvgIpc) is 3.16. The molecule has 4 rings (SSSR count). The van der Waals surface area contributed by atoms with Crippen molar-refractivity contribution in [3.63, 3.8) is 0 Å². The Labute approximate surface area is 181 Å². The van der Waals surface area contributed by atoms with E-state index in [0.29, 0.717) is 11.1 Å². The van der Waals surface area contributed by atoms with Gasteiger partial charge in [0.25, 0.3) is 11.8 Å². The zero-order valence-corrected chi connectivity index (χ0v) is 16.8. The van der Waals surface area contributed by atoms with Gasteiger partial charge in [0, 0.05) is 28.9 Å². The third-order valence-corrected chi connectivity index (χ3v) is 5.24.